The van der Waals surface area contributed by atoms with Gasteiger partial charge in [-0.25, -0.2) is 0 Å². The topological polar surface area (TPSA) is 0 Å². The van der Waals surface area contributed by atoms with Crippen LogP contribution in [-0.4, -0.2) is 0 Å². The summed E-state index contributed by atoms with van der Waals surface area (Å²) in [6.45, 7) is 6.40. The van der Waals surface area contributed by atoms with Crippen molar-refractivity contribution in [3.63, 3.8) is 0 Å². The van der Waals surface area contributed by atoms with Crippen molar-refractivity contribution in [2.75, 3.05) is 0 Å². The van der Waals surface area contributed by atoms with Gasteiger partial charge in [0.1, 0.15) is 0 Å². The summed E-state index contributed by atoms with van der Waals surface area (Å²) >= 11 is -1.75. The maximum atomic E-state index is 6.03. The normalized spacial score (nSPS) is 12.0. The number of aryl methyl sites for hydroxylation is 1. The van der Waals surface area contributed by atoms with Gasteiger partial charge in [-0.3, -0.25) is 0 Å². The molecule has 0 spiro atoms. The van der Waals surface area contributed by atoms with E-state index in [-0.39, 0.29) is 0 Å². The summed E-state index contributed by atoms with van der Waals surface area (Å²) in [5, 5.41) is 0. The SMILES string of the molecule is Cc1ccc(C(C)C)[c]([Ru-]([Cl])[Cl])c1. The van der Waals surface area contributed by atoms with E-state index in [9.17, 15) is 0 Å². The van der Waals surface area contributed by atoms with E-state index in [1.54, 1.807) is 0 Å². The molecule has 76 valence electrons. The van der Waals surface area contributed by atoms with Gasteiger partial charge in [-0.05, 0) is 0 Å². The first kappa shape index (κ1) is 11.5. The number of halogens is 2. The third-order valence-corrected chi connectivity index (χ3v) is 5.08. The molecule has 0 unspecified atom stereocenters. The first-order valence-corrected chi connectivity index (χ1v) is 9.47. The molecule has 0 N–H and O–H groups in total. The standard InChI is InChI=1S/C10H13.2ClH.Ru/c1-8(2)10-6-4-9(3)5-7-10;;;/h4-6,8H,1-3H3;2*1H;/q;;;+1/p-2. The van der Waals surface area contributed by atoms with E-state index < -0.39 is 14.0 Å². The van der Waals surface area contributed by atoms with Crippen LogP contribution in [0.15, 0.2) is 18.2 Å². The molecule has 0 fully saturated rings. The second kappa shape index (κ2) is 4.78. The Bertz CT molecular complexity index is 295. The molecule has 13 heavy (non-hydrogen) atoms. The molecule has 0 amide bonds. The molecule has 0 nitrogen and oxygen atoms in total. The van der Waals surface area contributed by atoms with E-state index in [1.165, 1.54) is 15.3 Å². The summed E-state index contributed by atoms with van der Waals surface area (Å²) in [4.78, 5) is 0. The summed E-state index contributed by atoms with van der Waals surface area (Å²) in [5.41, 5.74) is 2.54. The average Bonchev–Trinajstić information content (AvgIpc) is 2.03. The molecule has 0 saturated carbocycles. The molecule has 0 aliphatic rings. The van der Waals surface area contributed by atoms with Crippen LogP contribution in [-0.2, 0) is 14.0 Å². The fourth-order valence-electron chi connectivity index (χ4n) is 1.20. The van der Waals surface area contributed by atoms with Crippen LogP contribution in [0.3, 0.4) is 0 Å². The molecule has 0 radical (unpaired) electrons. The Morgan fingerprint density at radius 1 is 1.23 bits per heavy atom. The number of hydrogen-bond donors (Lipinski definition) is 0. The van der Waals surface area contributed by atoms with Crippen molar-refractivity contribution in [1.29, 1.82) is 0 Å². The van der Waals surface area contributed by atoms with Crippen LogP contribution in [0.5, 0.6) is 0 Å². The van der Waals surface area contributed by atoms with Crippen LogP contribution in [0, 0.1) is 6.92 Å². The van der Waals surface area contributed by atoms with E-state index in [0.717, 1.165) is 0 Å². The number of benzene rings is 1. The Balaban J connectivity index is 3.19. The van der Waals surface area contributed by atoms with Crippen molar-refractivity contribution in [1.82, 2.24) is 0 Å². The van der Waals surface area contributed by atoms with Gasteiger partial charge in [0.2, 0.25) is 0 Å². The van der Waals surface area contributed by atoms with E-state index in [4.69, 9.17) is 19.4 Å². The van der Waals surface area contributed by atoms with E-state index in [2.05, 4.69) is 39.0 Å². The van der Waals surface area contributed by atoms with Gasteiger partial charge in [0, 0.05) is 0 Å². The third kappa shape index (κ3) is 2.94. The summed E-state index contributed by atoms with van der Waals surface area (Å²) in [6.07, 6.45) is 0. The fraction of sp³-hybridized carbons (Fsp3) is 0.400. The molecule has 0 aliphatic carbocycles. The first-order chi connectivity index (χ1) is 6.02. The molecule has 1 aromatic rings. The van der Waals surface area contributed by atoms with E-state index in [1.807, 2.05) is 0 Å². The van der Waals surface area contributed by atoms with Gasteiger partial charge in [-0.2, -0.15) is 0 Å². The zero-order valence-corrected chi connectivity index (χ0v) is 11.2. The second-order valence-corrected chi connectivity index (χ2v) is 9.16. The molecule has 0 bridgehead atoms. The number of hydrogen-bond acceptors (Lipinski definition) is 0. The van der Waals surface area contributed by atoms with E-state index >= 15 is 0 Å². The Morgan fingerprint density at radius 2 is 1.85 bits per heavy atom. The van der Waals surface area contributed by atoms with Crippen LogP contribution >= 0.6 is 19.4 Å². The Hall–Kier alpha value is 0.423. The molecular weight excluding hydrogens is 292 g/mol. The molecular formula is C10H13Cl2Ru-. The van der Waals surface area contributed by atoms with Gasteiger partial charge in [0.05, 0.1) is 0 Å². The Kier molecular flexibility index (Phi) is 4.22. The van der Waals surface area contributed by atoms with Gasteiger partial charge in [-0.1, -0.05) is 0 Å². The fourth-order valence-corrected chi connectivity index (χ4v) is 4.18. The number of rotatable bonds is 2. The summed E-state index contributed by atoms with van der Waals surface area (Å²) in [5.74, 6) is 0.504. The molecule has 0 heterocycles. The summed E-state index contributed by atoms with van der Waals surface area (Å²) in [6, 6.07) is 6.37. The quantitative estimate of drug-likeness (QED) is 0.731. The summed E-state index contributed by atoms with van der Waals surface area (Å²) in [7, 11) is 12.1. The van der Waals surface area contributed by atoms with Crippen LogP contribution in [0.1, 0.15) is 30.9 Å². The van der Waals surface area contributed by atoms with Crippen molar-refractivity contribution >= 4 is 23.5 Å². The minimum atomic E-state index is -1.75. The minimum absolute atomic E-state index is 0.504. The van der Waals surface area contributed by atoms with Crippen LogP contribution < -0.4 is 4.16 Å². The van der Waals surface area contributed by atoms with Gasteiger partial charge >= 0.3 is 93.5 Å². The van der Waals surface area contributed by atoms with Gasteiger partial charge in [0.25, 0.3) is 0 Å². The zero-order chi connectivity index (χ0) is 10.0. The molecule has 0 atom stereocenters. The van der Waals surface area contributed by atoms with Crippen molar-refractivity contribution < 1.29 is 14.0 Å². The first-order valence-electron chi connectivity index (χ1n) is 4.13. The van der Waals surface area contributed by atoms with Crippen LogP contribution in [0.4, 0.5) is 0 Å². The van der Waals surface area contributed by atoms with E-state index in [0.29, 0.717) is 5.92 Å². The third-order valence-electron chi connectivity index (χ3n) is 1.91. The Morgan fingerprint density at radius 3 is 2.31 bits per heavy atom. The molecule has 3 heteroatoms. The molecule has 1 aromatic carbocycles. The van der Waals surface area contributed by atoms with Crippen molar-refractivity contribution in [3.05, 3.63) is 29.3 Å². The molecule has 0 aliphatic heterocycles. The van der Waals surface area contributed by atoms with Gasteiger partial charge in [-0.15, -0.1) is 0 Å². The second-order valence-electron chi connectivity index (χ2n) is 3.35. The van der Waals surface area contributed by atoms with Crippen molar-refractivity contribution in [3.8, 4) is 0 Å². The molecule has 0 aromatic heterocycles. The van der Waals surface area contributed by atoms with Gasteiger partial charge in [0.15, 0.2) is 0 Å². The monoisotopic (exact) mass is 305 g/mol. The molecule has 1 rings (SSSR count). The Labute approximate surface area is 93.2 Å². The van der Waals surface area contributed by atoms with Crippen molar-refractivity contribution in [2.24, 2.45) is 0 Å². The zero-order valence-electron chi connectivity index (χ0n) is 7.92. The maximum absolute atomic E-state index is 6.03. The van der Waals surface area contributed by atoms with Crippen molar-refractivity contribution in [2.45, 2.75) is 26.7 Å². The summed E-state index contributed by atoms with van der Waals surface area (Å²) < 4.78 is 1.18. The predicted molar refractivity (Wildman–Crippen MR) is 56.6 cm³/mol. The van der Waals surface area contributed by atoms with Gasteiger partial charge < -0.3 is 0 Å². The average molecular weight is 305 g/mol. The van der Waals surface area contributed by atoms with Crippen LogP contribution in [0.2, 0.25) is 0 Å². The molecule has 0 saturated heterocycles. The predicted octanol–water partition coefficient (Wildman–Crippen LogP) is 3.67. The van der Waals surface area contributed by atoms with Crippen LogP contribution in [0.25, 0.3) is 0 Å².